The summed E-state index contributed by atoms with van der Waals surface area (Å²) in [6.07, 6.45) is 6.37. The fourth-order valence-electron chi connectivity index (χ4n) is 4.22. The largest absolute Gasteiger partial charge is 0.480 e. The van der Waals surface area contributed by atoms with Gasteiger partial charge in [0.15, 0.2) is 0 Å². The van der Waals surface area contributed by atoms with E-state index < -0.39 is 12.0 Å². The number of fused-ring (bicyclic) bond motifs is 1. The molecular weight excluding hydrogens is 336 g/mol. The van der Waals surface area contributed by atoms with E-state index in [1.54, 1.807) is 6.20 Å². The lowest BCUT2D eigenvalue weighted by Gasteiger charge is -2.39. The highest BCUT2D eigenvalue weighted by Gasteiger charge is 2.35. The van der Waals surface area contributed by atoms with Gasteiger partial charge in [-0.3, -0.25) is 14.7 Å². The van der Waals surface area contributed by atoms with Crippen molar-refractivity contribution in [1.82, 2.24) is 9.88 Å². The number of hydrogen-bond acceptors (Lipinski definition) is 3. The molecule has 2 aromatic carbocycles. The molecule has 1 N–H and O–H groups in total. The van der Waals surface area contributed by atoms with Crippen molar-refractivity contribution in [3.05, 3.63) is 77.6 Å². The van der Waals surface area contributed by atoms with Gasteiger partial charge in [-0.25, -0.2) is 0 Å². The molecule has 1 aliphatic rings. The van der Waals surface area contributed by atoms with Crippen LogP contribution in [-0.2, 0) is 4.79 Å². The van der Waals surface area contributed by atoms with E-state index in [1.807, 2.05) is 12.3 Å². The number of likely N-dealkylation sites (tertiary alicyclic amines) is 1. The van der Waals surface area contributed by atoms with Gasteiger partial charge in [-0.15, -0.1) is 0 Å². The zero-order valence-corrected chi connectivity index (χ0v) is 15.5. The van der Waals surface area contributed by atoms with Crippen LogP contribution < -0.4 is 0 Å². The van der Waals surface area contributed by atoms with E-state index in [0.29, 0.717) is 6.42 Å². The van der Waals surface area contributed by atoms with Gasteiger partial charge in [-0.05, 0) is 55.0 Å². The number of carboxylic acid groups (broad SMARTS) is 1. The number of carbonyl (C=O) groups is 1. The smallest absolute Gasteiger partial charge is 0.320 e. The lowest BCUT2D eigenvalue weighted by molar-refractivity contribution is -0.145. The Bertz CT molecular complexity index is 969. The van der Waals surface area contributed by atoms with Crippen molar-refractivity contribution in [2.75, 3.05) is 6.54 Å². The summed E-state index contributed by atoms with van der Waals surface area (Å²) in [5.41, 5.74) is 3.47. The van der Waals surface area contributed by atoms with E-state index in [0.717, 1.165) is 41.3 Å². The summed E-state index contributed by atoms with van der Waals surface area (Å²) in [6.45, 7) is 2.88. The predicted molar refractivity (Wildman–Crippen MR) is 107 cm³/mol. The highest BCUT2D eigenvalue weighted by Crippen LogP contribution is 2.35. The maximum atomic E-state index is 12.0. The Labute approximate surface area is 159 Å². The number of aromatic nitrogens is 1. The van der Waals surface area contributed by atoms with E-state index in [4.69, 9.17) is 0 Å². The molecule has 3 aromatic rings. The van der Waals surface area contributed by atoms with Crippen molar-refractivity contribution < 1.29 is 9.90 Å². The second kappa shape index (κ2) is 7.49. The van der Waals surface area contributed by atoms with E-state index in [-0.39, 0.29) is 6.04 Å². The molecule has 4 rings (SSSR count). The molecular formula is C23H24N2O2. The van der Waals surface area contributed by atoms with Crippen LogP contribution in [0.2, 0.25) is 0 Å². The lowest BCUT2D eigenvalue weighted by Crippen LogP contribution is -2.46. The van der Waals surface area contributed by atoms with Crippen LogP contribution in [0.4, 0.5) is 0 Å². The Balaban J connectivity index is 1.85. The third kappa shape index (κ3) is 3.58. The normalized spacial score (nSPS) is 19.1. The highest BCUT2D eigenvalue weighted by molar-refractivity contribution is 5.82. The first kappa shape index (κ1) is 17.7. The van der Waals surface area contributed by atoms with Crippen LogP contribution in [0.25, 0.3) is 10.8 Å². The average molecular weight is 360 g/mol. The molecule has 1 aliphatic heterocycles. The van der Waals surface area contributed by atoms with Crippen molar-refractivity contribution >= 4 is 16.7 Å². The van der Waals surface area contributed by atoms with Gasteiger partial charge >= 0.3 is 5.97 Å². The number of aryl methyl sites for hydroxylation is 1. The van der Waals surface area contributed by atoms with Gasteiger partial charge in [-0.2, -0.15) is 0 Å². The molecule has 0 aliphatic carbocycles. The van der Waals surface area contributed by atoms with Crippen LogP contribution in [0, 0.1) is 6.92 Å². The average Bonchev–Trinajstić information content (AvgIpc) is 2.68. The third-order valence-corrected chi connectivity index (χ3v) is 5.50. The molecule has 2 heterocycles. The van der Waals surface area contributed by atoms with Gasteiger partial charge < -0.3 is 5.11 Å². The molecule has 27 heavy (non-hydrogen) atoms. The minimum Gasteiger partial charge on any atom is -0.480 e. The highest BCUT2D eigenvalue weighted by atomic mass is 16.4. The molecule has 2 unspecified atom stereocenters. The van der Waals surface area contributed by atoms with Crippen molar-refractivity contribution in [3.8, 4) is 0 Å². The second-order valence-corrected chi connectivity index (χ2v) is 7.39. The zero-order valence-electron chi connectivity index (χ0n) is 15.5. The SMILES string of the molecule is Cc1cccc(C(c2ccc3cnccc3c2)N2CCCCC2C(=O)O)c1. The molecule has 1 aromatic heterocycles. The van der Waals surface area contributed by atoms with Crippen LogP contribution in [0.5, 0.6) is 0 Å². The van der Waals surface area contributed by atoms with E-state index in [9.17, 15) is 9.90 Å². The topological polar surface area (TPSA) is 53.4 Å². The first-order valence-electron chi connectivity index (χ1n) is 9.52. The van der Waals surface area contributed by atoms with Crippen molar-refractivity contribution in [1.29, 1.82) is 0 Å². The molecule has 4 heteroatoms. The first-order valence-corrected chi connectivity index (χ1v) is 9.52. The molecule has 0 radical (unpaired) electrons. The van der Waals surface area contributed by atoms with Crippen LogP contribution in [0.1, 0.15) is 42.0 Å². The number of rotatable bonds is 4. The second-order valence-electron chi connectivity index (χ2n) is 7.39. The number of nitrogens with zero attached hydrogens (tertiary/aromatic N) is 2. The van der Waals surface area contributed by atoms with Gasteiger partial charge in [0.05, 0.1) is 6.04 Å². The van der Waals surface area contributed by atoms with Crippen molar-refractivity contribution in [2.45, 2.75) is 38.3 Å². The number of piperidine rings is 1. The standard InChI is InChI=1S/C23H24N2O2/c1-16-5-4-6-18(13-16)22(25-12-3-2-7-21(25)23(26)27)19-8-9-20-15-24-11-10-17(20)14-19/h4-6,8-11,13-15,21-22H,2-3,7,12H2,1H3,(H,26,27). The van der Waals surface area contributed by atoms with E-state index >= 15 is 0 Å². The molecule has 4 nitrogen and oxygen atoms in total. The van der Waals surface area contributed by atoms with E-state index in [2.05, 4.69) is 59.3 Å². The van der Waals surface area contributed by atoms with Crippen LogP contribution in [0.15, 0.2) is 60.9 Å². The molecule has 138 valence electrons. The van der Waals surface area contributed by atoms with E-state index in [1.165, 1.54) is 5.56 Å². The molecule has 0 saturated carbocycles. The predicted octanol–water partition coefficient (Wildman–Crippen LogP) is 4.57. The fraction of sp³-hybridized carbons (Fsp3) is 0.304. The van der Waals surface area contributed by atoms with Crippen molar-refractivity contribution in [3.63, 3.8) is 0 Å². The van der Waals surface area contributed by atoms with Gasteiger partial charge in [-0.1, -0.05) is 48.4 Å². The molecule has 2 atom stereocenters. The number of aliphatic carboxylic acids is 1. The van der Waals surface area contributed by atoms with Gasteiger partial charge in [0.2, 0.25) is 0 Å². The van der Waals surface area contributed by atoms with Crippen molar-refractivity contribution in [2.24, 2.45) is 0 Å². The summed E-state index contributed by atoms with van der Waals surface area (Å²) in [5, 5.41) is 12.1. The minimum atomic E-state index is -0.725. The van der Waals surface area contributed by atoms with Crippen LogP contribution >= 0.6 is 0 Å². The van der Waals surface area contributed by atoms with Gasteiger partial charge in [0.25, 0.3) is 0 Å². The van der Waals surface area contributed by atoms with Gasteiger partial charge in [0.1, 0.15) is 6.04 Å². The maximum absolute atomic E-state index is 12.0. The summed E-state index contributed by atoms with van der Waals surface area (Å²) in [7, 11) is 0. The molecule has 0 spiro atoms. The first-order chi connectivity index (χ1) is 13.1. The summed E-state index contributed by atoms with van der Waals surface area (Å²) >= 11 is 0. The third-order valence-electron chi connectivity index (χ3n) is 5.50. The number of benzene rings is 2. The zero-order chi connectivity index (χ0) is 18.8. The molecule has 0 bridgehead atoms. The summed E-state index contributed by atoms with van der Waals surface area (Å²) < 4.78 is 0. The Hall–Kier alpha value is -2.72. The minimum absolute atomic E-state index is 0.0659. The Morgan fingerprint density at radius 1 is 1.11 bits per heavy atom. The monoisotopic (exact) mass is 360 g/mol. The Morgan fingerprint density at radius 2 is 1.96 bits per heavy atom. The summed E-state index contributed by atoms with van der Waals surface area (Å²) in [5.74, 6) is -0.725. The van der Waals surface area contributed by atoms with Gasteiger partial charge in [0, 0.05) is 17.8 Å². The summed E-state index contributed by atoms with van der Waals surface area (Å²) in [6, 6.07) is 16.3. The quantitative estimate of drug-likeness (QED) is 0.740. The molecule has 1 saturated heterocycles. The Morgan fingerprint density at radius 3 is 2.78 bits per heavy atom. The fourth-order valence-corrected chi connectivity index (χ4v) is 4.22. The Kier molecular flexibility index (Phi) is 4.90. The van der Waals surface area contributed by atoms with Crippen LogP contribution in [0.3, 0.4) is 0 Å². The maximum Gasteiger partial charge on any atom is 0.320 e. The number of carboxylic acids is 1. The number of hydrogen-bond donors (Lipinski definition) is 1. The lowest BCUT2D eigenvalue weighted by atomic mass is 9.90. The molecule has 0 amide bonds. The molecule has 1 fully saturated rings. The summed E-state index contributed by atoms with van der Waals surface area (Å²) in [4.78, 5) is 18.3. The van der Waals surface area contributed by atoms with Crippen LogP contribution in [-0.4, -0.2) is 33.5 Å². The number of pyridine rings is 1.